The van der Waals surface area contributed by atoms with Crippen molar-refractivity contribution in [2.75, 3.05) is 4.90 Å². The average molecular weight is 828 g/mol. The number of rotatable bonds is 6. The summed E-state index contributed by atoms with van der Waals surface area (Å²) in [6, 6.07) is 88.9. The zero-order chi connectivity index (χ0) is 43.0. The van der Waals surface area contributed by atoms with E-state index in [2.05, 4.69) is 254 Å². The first kappa shape index (κ1) is 37.5. The Bertz CT molecular complexity index is 3390. The van der Waals surface area contributed by atoms with Gasteiger partial charge in [-0.1, -0.05) is 218 Å². The molecular formula is C64H45N. The molecule has 0 aromatic heterocycles. The Morgan fingerprint density at radius 1 is 0.369 bits per heavy atom. The Kier molecular flexibility index (Phi) is 8.55. The minimum atomic E-state index is -0.549. The minimum absolute atomic E-state index is 0.533. The van der Waals surface area contributed by atoms with Gasteiger partial charge in [0.15, 0.2) is 0 Å². The summed E-state index contributed by atoms with van der Waals surface area (Å²) in [4.78, 5) is 2.51. The molecule has 306 valence electrons. The van der Waals surface area contributed by atoms with Crippen LogP contribution in [0.1, 0.15) is 62.1 Å². The number of nitrogens with zero attached hydrogens (tertiary/aromatic N) is 1. The Morgan fingerprint density at radius 2 is 0.908 bits per heavy atom. The number of hydrogen-bond donors (Lipinski definition) is 0. The zero-order valence-corrected chi connectivity index (χ0v) is 36.0. The molecule has 0 bridgehead atoms. The van der Waals surface area contributed by atoms with Gasteiger partial charge in [-0.05, 0) is 132 Å². The van der Waals surface area contributed by atoms with Crippen molar-refractivity contribution in [1.29, 1.82) is 0 Å². The van der Waals surface area contributed by atoms with E-state index in [1.54, 1.807) is 0 Å². The second-order valence-electron chi connectivity index (χ2n) is 17.8. The molecule has 0 N–H and O–H groups in total. The predicted molar refractivity (Wildman–Crippen MR) is 271 cm³/mol. The van der Waals surface area contributed by atoms with E-state index in [0.717, 1.165) is 24.2 Å². The minimum Gasteiger partial charge on any atom is -0.310 e. The van der Waals surface area contributed by atoms with Crippen molar-refractivity contribution in [3.05, 3.63) is 298 Å². The largest absolute Gasteiger partial charge is 0.310 e. The summed E-state index contributed by atoms with van der Waals surface area (Å²) < 4.78 is 0. The van der Waals surface area contributed by atoms with Crippen LogP contribution in [0.3, 0.4) is 0 Å². The normalized spacial score (nSPS) is 14.5. The SMILES string of the molecule is C1=Cc2cccc(N(c3ccc(-c4cccc5ccccc45)cc3)c3ccc4c(c3)-c3ccccc3C43c4ccccc4C(c4ccccc4)(c4ccccc4)c4ccccc43)c2CC1. The maximum Gasteiger partial charge on any atom is 0.0720 e. The number of allylic oxidation sites excluding steroid dienone is 1. The van der Waals surface area contributed by atoms with Crippen molar-refractivity contribution in [2.24, 2.45) is 0 Å². The van der Waals surface area contributed by atoms with Crippen molar-refractivity contribution in [3.8, 4) is 22.3 Å². The van der Waals surface area contributed by atoms with E-state index in [9.17, 15) is 0 Å². The molecule has 10 aromatic rings. The van der Waals surface area contributed by atoms with Gasteiger partial charge in [-0.3, -0.25) is 0 Å². The summed E-state index contributed by atoms with van der Waals surface area (Å²) >= 11 is 0. The standard InChI is InChI=1S/C64H45N/c1-3-23-47(24-4-1)63(48-25-5-2-6-26-48)58-32-13-15-34-60(58)64(61-35-16-14-33-59(61)63)56-31-12-11-29-54(56)55-43-50(41-42-57(55)64)65(62-36-18-22-45-20-8-10-28-53(45)62)49-39-37-46(38-40-49)52-30-17-21-44-19-7-9-27-51(44)52/h1-9,11-27,29-43H,10,28H2. The van der Waals surface area contributed by atoms with E-state index >= 15 is 0 Å². The van der Waals surface area contributed by atoms with Crippen molar-refractivity contribution in [3.63, 3.8) is 0 Å². The molecule has 0 saturated carbocycles. The van der Waals surface area contributed by atoms with Crippen LogP contribution in [0.25, 0.3) is 39.1 Å². The predicted octanol–water partition coefficient (Wildman–Crippen LogP) is 16.0. The summed E-state index contributed by atoms with van der Waals surface area (Å²) in [6.45, 7) is 0. The Balaban J connectivity index is 1.05. The smallest absolute Gasteiger partial charge is 0.0720 e. The van der Waals surface area contributed by atoms with Crippen LogP contribution in [0.5, 0.6) is 0 Å². The van der Waals surface area contributed by atoms with E-state index < -0.39 is 10.8 Å². The summed E-state index contributed by atoms with van der Waals surface area (Å²) in [6.07, 6.45) is 6.65. The van der Waals surface area contributed by atoms with Crippen LogP contribution in [0.4, 0.5) is 17.1 Å². The van der Waals surface area contributed by atoms with Gasteiger partial charge in [-0.15, -0.1) is 0 Å². The number of fused-ring (bicyclic) bond motifs is 11. The van der Waals surface area contributed by atoms with E-state index in [-0.39, 0.29) is 0 Å². The zero-order valence-electron chi connectivity index (χ0n) is 36.0. The van der Waals surface area contributed by atoms with Gasteiger partial charge in [-0.25, -0.2) is 0 Å². The topological polar surface area (TPSA) is 3.24 Å². The molecule has 65 heavy (non-hydrogen) atoms. The molecule has 0 radical (unpaired) electrons. The van der Waals surface area contributed by atoms with Gasteiger partial charge in [0, 0.05) is 17.1 Å². The molecule has 0 atom stereocenters. The van der Waals surface area contributed by atoms with Gasteiger partial charge in [0.25, 0.3) is 0 Å². The molecule has 0 fully saturated rings. The van der Waals surface area contributed by atoms with Gasteiger partial charge in [0.2, 0.25) is 0 Å². The maximum atomic E-state index is 2.51. The lowest BCUT2D eigenvalue weighted by Crippen LogP contribution is -2.44. The van der Waals surface area contributed by atoms with E-state index in [0.29, 0.717) is 0 Å². The first-order valence-electron chi connectivity index (χ1n) is 23.0. The van der Waals surface area contributed by atoms with Crippen molar-refractivity contribution >= 4 is 33.9 Å². The highest BCUT2D eigenvalue weighted by atomic mass is 15.1. The van der Waals surface area contributed by atoms with Crippen molar-refractivity contribution < 1.29 is 0 Å². The fraction of sp³-hybridized carbons (Fsp3) is 0.0625. The van der Waals surface area contributed by atoms with Crippen LogP contribution in [0, 0.1) is 0 Å². The van der Waals surface area contributed by atoms with Crippen LogP contribution in [-0.2, 0) is 17.3 Å². The monoisotopic (exact) mass is 827 g/mol. The highest BCUT2D eigenvalue weighted by Gasteiger charge is 2.56. The van der Waals surface area contributed by atoms with Crippen LogP contribution in [-0.4, -0.2) is 0 Å². The Morgan fingerprint density at radius 3 is 1.62 bits per heavy atom. The highest BCUT2D eigenvalue weighted by Crippen LogP contribution is 2.65. The first-order chi connectivity index (χ1) is 32.3. The van der Waals surface area contributed by atoms with Gasteiger partial charge in [0.05, 0.1) is 10.8 Å². The molecule has 1 heteroatoms. The number of hydrogen-bond acceptors (Lipinski definition) is 1. The number of benzene rings is 10. The second-order valence-corrected chi connectivity index (χ2v) is 17.8. The molecule has 0 aliphatic heterocycles. The molecule has 13 rings (SSSR count). The summed E-state index contributed by atoms with van der Waals surface area (Å²) in [5.74, 6) is 0. The quantitative estimate of drug-likeness (QED) is 0.161. The third kappa shape index (κ3) is 5.39. The van der Waals surface area contributed by atoms with Gasteiger partial charge >= 0.3 is 0 Å². The van der Waals surface area contributed by atoms with Crippen LogP contribution < -0.4 is 4.90 Å². The van der Waals surface area contributed by atoms with Crippen molar-refractivity contribution in [2.45, 2.75) is 23.7 Å². The molecule has 3 aliphatic rings. The molecule has 1 spiro atoms. The van der Waals surface area contributed by atoms with E-state index in [4.69, 9.17) is 0 Å². The van der Waals surface area contributed by atoms with Crippen LogP contribution in [0.2, 0.25) is 0 Å². The molecule has 0 amide bonds. The lowest BCUT2D eigenvalue weighted by atomic mass is 9.51. The molecule has 0 heterocycles. The molecule has 0 unspecified atom stereocenters. The van der Waals surface area contributed by atoms with Gasteiger partial charge in [0.1, 0.15) is 0 Å². The lowest BCUT2D eigenvalue weighted by molar-refractivity contribution is 0.623. The lowest BCUT2D eigenvalue weighted by Gasteiger charge is -2.50. The van der Waals surface area contributed by atoms with E-state index in [1.165, 1.54) is 94.3 Å². The summed E-state index contributed by atoms with van der Waals surface area (Å²) in [7, 11) is 0. The third-order valence-electron chi connectivity index (χ3n) is 14.7. The molecule has 10 aromatic carbocycles. The van der Waals surface area contributed by atoms with E-state index in [1.807, 2.05) is 0 Å². The first-order valence-corrected chi connectivity index (χ1v) is 23.0. The fourth-order valence-corrected chi connectivity index (χ4v) is 12.1. The fourth-order valence-electron chi connectivity index (χ4n) is 12.1. The average Bonchev–Trinajstić information content (AvgIpc) is 3.67. The Hall–Kier alpha value is -8.00. The van der Waals surface area contributed by atoms with Gasteiger partial charge in [-0.2, -0.15) is 0 Å². The second kappa shape index (κ2) is 14.8. The van der Waals surface area contributed by atoms with Crippen LogP contribution >= 0.6 is 0 Å². The highest BCUT2D eigenvalue weighted by molar-refractivity contribution is 5.97. The summed E-state index contributed by atoms with van der Waals surface area (Å²) in [5.41, 5.74) is 20.6. The summed E-state index contributed by atoms with van der Waals surface area (Å²) in [5, 5.41) is 2.52. The molecule has 0 saturated heterocycles. The molecule has 3 aliphatic carbocycles. The Labute approximate surface area is 381 Å². The molecule has 1 nitrogen and oxygen atoms in total. The molecular weight excluding hydrogens is 783 g/mol. The van der Waals surface area contributed by atoms with Crippen molar-refractivity contribution in [1.82, 2.24) is 0 Å². The van der Waals surface area contributed by atoms with Crippen LogP contribution in [0.15, 0.2) is 243 Å². The van der Waals surface area contributed by atoms with Gasteiger partial charge < -0.3 is 4.90 Å². The third-order valence-corrected chi connectivity index (χ3v) is 14.7. The maximum absolute atomic E-state index is 2.51. The number of anilines is 3.